The normalized spacial score (nSPS) is 13.9. The zero-order chi connectivity index (χ0) is 7.68. The first-order chi connectivity index (χ1) is 5.36. The summed E-state index contributed by atoms with van der Waals surface area (Å²) >= 11 is 3.38. The van der Waals surface area contributed by atoms with Crippen LogP contribution in [0.4, 0.5) is 0 Å². The molecule has 0 unspecified atom stereocenters. The number of benzene rings is 1. The second-order valence-corrected chi connectivity index (χ2v) is 3.23. The molecule has 1 radical (unpaired) electrons. The van der Waals surface area contributed by atoms with Crippen LogP contribution in [-0.4, -0.2) is 6.61 Å². The third kappa shape index (κ3) is 1.31. The number of rotatable bonds is 0. The van der Waals surface area contributed by atoms with Gasteiger partial charge in [0.2, 0.25) is 0 Å². The molecule has 0 atom stereocenters. The van der Waals surface area contributed by atoms with Crippen LogP contribution in [0.5, 0.6) is 5.75 Å². The molecule has 1 aliphatic rings. The minimum Gasteiger partial charge on any atom is -0.488 e. The highest BCUT2D eigenvalue weighted by Gasteiger charge is 2.04. The standard InChI is InChI=1S/C9H6BrO/c10-8-4-3-7-2-1-5-11-9(7)6-8/h2-4,6H,5H2. The molecule has 0 aromatic heterocycles. The minimum absolute atomic E-state index is 0.559. The fourth-order valence-electron chi connectivity index (χ4n) is 1.02. The molecule has 1 aliphatic heterocycles. The van der Waals surface area contributed by atoms with Crippen LogP contribution in [0.2, 0.25) is 0 Å². The molecule has 0 spiro atoms. The summed E-state index contributed by atoms with van der Waals surface area (Å²) in [6, 6.07) is 5.96. The molecule has 0 amide bonds. The molecule has 1 aromatic carbocycles. The van der Waals surface area contributed by atoms with Crippen molar-refractivity contribution in [3.63, 3.8) is 0 Å². The topological polar surface area (TPSA) is 9.23 Å². The summed E-state index contributed by atoms with van der Waals surface area (Å²) in [6.07, 6.45) is 4.95. The predicted octanol–water partition coefficient (Wildman–Crippen LogP) is 2.66. The molecule has 1 aromatic rings. The highest BCUT2D eigenvalue weighted by Crippen LogP contribution is 2.26. The number of fused-ring (bicyclic) bond motifs is 1. The van der Waals surface area contributed by atoms with E-state index in [1.807, 2.05) is 24.3 Å². The highest BCUT2D eigenvalue weighted by atomic mass is 79.9. The van der Waals surface area contributed by atoms with Crippen LogP contribution >= 0.6 is 15.9 Å². The quantitative estimate of drug-likeness (QED) is 0.639. The van der Waals surface area contributed by atoms with Gasteiger partial charge in [-0.3, -0.25) is 0 Å². The Morgan fingerprint density at radius 3 is 3.27 bits per heavy atom. The summed E-state index contributed by atoms with van der Waals surface area (Å²) in [7, 11) is 0. The van der Waals surface area contributed by atoms with Crippen molar-refractivity contribution in [3.8, 4) is 5.75 Å². The molecule has 0 saturated carbocycles. The van der Waals surface area contributed by atoms with Gasteiger partial charge in [-0.25, -0.2) is 0 Å². The number of ether oxygens (including phenoxy) is 1. The third-order valence-electron chi connectivity index (χ3n) is 1.54. The summed E-state index contributed by atoms with van der Waals surface area (Å²) in [6.45, 7) is 0.559. The van der Waals surface area contributed by atoms with Gasteiger partial charge in [-0.2, -0.15) is 0 Å². The average molecular weight is 210 g/mol. The summed E-state index contributed by atoms with van der Waals surface area (Å²) < 4.78 is 6.38. The van der Waals surface area contributed by atoms with Gasteiger partial charge in [0, 0.05) is 10.0 Å². The Kier molecular flexibility index (Phi) is 1.70. The zero-order valence-corrected chi connectivity index (χ0v) is 7.39. The number of halogens is 1. The largest absolute Gasteiger partial charge is 0.488 e. The van der Waals surface area contributed by atoms with Gasteiger partial charge in [0.25, 0.3) is 0 Å². The predicted molar refractivity (Wildman–Crippen MR) is 47.3 cm³/mol. The molecule has 2 heteroatoms. The lowest BCUT2D eigenvalue weighted by molar-refractivity contribution is 0.352. The van der Waals surface area contributed by atoms with Crippen molar-refractivity contribution in [1.82, 2.24) is 0 Å². The van der Waals surface area contributed by atoms with Crippen molar-refractivity contribution < 1.29 is 4.74 Å². The Bertz CT molecular complexity index is 304. The molecule has 0 bridgehead atoms. The van der Waals surface area contributed by atoms with E-state index in [9.17, 15) is 0 Å². The van der Waals surface area contributed by atoms with Gasteiger partial charge in [0.15, 0.2) is 0 Å². The van der Waals surface area contributed by atoms with Crippen molar-refractivity contribution in [3.05, 3.63) is 34.3 Å². The van der Waals surface area contributed by atoms with E-state index in [1.54, 1.807) is 0 Å². The fraction of sp³-hybridized carbons (Fsp3) is 0.111. The van der Waals surface area contributed by atoms with Gasteiger partial charge in [-0.05, 0) is 24.3 Å². The van der Waals surface area contributed by atoms with E-state index in [4.69, 9.17) is 4.74 Å². The Balaban J connectivity index is 2.53. The van der Waals surface area contributed by atoms with Gasteiger partial charge in [0.05, 0.1) is 0 Å². The van der Waals surface area contributed by atoms with Gasteiger partial charge in [0.1, 0.15) is 12.4 Å². The number of hydrogen-bond donors (Lipinski definition) is 0. The molecule has 0 aliphatic carbocycles. The zero-order valence-electron chi connectivity index (χ0n) is 5.80. The van der Waals surface area contributed by atoms with Crippen molar-refractivity contribution in [2.24, 2.45) is 0 Å². The maximum Gasteiger partial charge on any atom is 0.128 e. The van der Waals surface area contributed by atoms with Crippen LogP contribution in [0.15, 0.2) is 22.7 Å². The number of hydrogen-bond acceptors (Lipinski definition) is 1. The summed E-state index contributed by atoms with van der Waals surface area (Å²) in [5.41, 5.74) is 1.10. The summed E-state index contributed by atoms with van der Waals surface area (Å²) in [5, 5.41) is 0. The first-order valence-corrected chi connectivity index (χ1v) is 4.14. The summed E-state index contributed by atoms with van der Waals surface area (Å²) in [5.74, 6) is 0.929. The van der Waals surface area contributed by atoms with E-state index in [2.05, 4.69) is 22.0 Å². The maximum atomic E-state index is 5.33. The van der Waals surface area contributed by atoms with E-state index in [-0.39, 0.29) is 0 Å². The second-order valence-electron chi connectivity index (χ2n) is 2.32. The van der Waals surface area contributed by atoms with Gasteiger partial charge in [-0.15, -0.1) is 0 Å². The molecule has 1 nitrogen and oxygen atoms in total. The molecule has 11 heavy (non-hydrogen) atoms. The monoisotopic (exact) mass is 209 g/mol. The van der Waals surface area contributed by atoms with E-state index in [1.165, 1.54) is 0 Å². The van der Waals surface area contributed by atoms with Crippen LogP contribution in [0.25, 0.3) is 6.08 Å². The van der Waals surface area contributed by atoms with E-state index >= 15 is 0 Å². The fourth-order valence-corrected chi connectivity index (χ4v) is 1.36. The van der Waals surface area contributed by atoms with Crippen LogP contribution in [0, 0.1) is 6.08 Å². The van der Waals surface area contributed by atoms with E-state index in [0.717, 1.165) is 15.8 Å². The highest BCUT2D eigenvalue weighted by molar-refractivity contribution is 9.10. The molecule has 0 N–H and O–H groups in total. The smallest absolute Gasteiger partial charge is 0.128 e. The lowest BCUT2D eigenvalue weighted by Crippen LogP contribution is -2.00. The lowest BCUT2D eigenvalue weighted by atomic mass is 10.1. The molecule has 2 rings (SSSR count). The van der Waals surface area contributed by atoms with Crippen LogP contribution in [-0.2, 0) is 0 Å². The van der Waals surface area contributed by atoms with E-state index < -0.39 is 0 Å². The second kappa shape index (κ2) is 2.70. The van der Waals surface area contributed by atoms with Gasteiger partial charge < -0.3 is 4.74 Å². The maximum absolute atomic E-state index is 5.33. The first-order valence-electron chi connectivity index (χ1n) is 3.35. The van der Waals surface area contributed by atoms with Crippen LogP contribution in [0.3, 0.4) is 0 Å². The Hall–Kier alpha value is -0.760. The van der Waals surface area contributed by atoms with Gasteiger partial charge in [-0.1, -0.05) is 22.0 Å². The molecule has 1 heterocycles. The van der Waals surface area contributed by atoms with Crippen molar-refractivity contribution in [2.45, 2.75) is 0 Å². The summed E-state index contributed by atoms with van der Waals surface area (Å²) in [4.78, 5) is 0. The lowest BCUT2D eigenvalue weighted by Gasteiger charge is -2.11. The van der Waals surface area contributed by atoms with Crippen molar-refractivity contribution >= 4 is 22.0 Å². The SMILES string of the molecule is Brc1ccc2c(c1)OC[C]=C2. The minimum atomic E-state index is 0.559. The molecular weight excluding hydrogens is 204 g/mol. The molecule has 0 fully saturated rings. The molecule has 0 saturated heterocycles. The first kappa shape index (κ1) is 6.92. The third-order valence-corrected chi connectivity index (χ3v) is 2.04. The Labute approximate surface area is 73.8 Å². The van der Waals surface area contributed by atoms with Crippen molar-refractivity contribution in [1.29, 1.82) is 0 Å². The van der Waals surface area contributed by atoms with E-state index in [0.29, 0.717) is 6.61 Å². The van der Waals surface area contributed by atoms with Crippen LogP contribution in [0.1, 0.15) is 5.56 Å². The molecule has 55 valence electrons. The van der Waals surface area contributed by atoms with Crippen molar-refractivity contribution in [2.75, 3.05) is 6.61 Å². The average Bonchev–Trinajstić information content (AvgIpc) is 2.04. The van der Waals surface area contributed by atoms with Crippen LogP contribution < -0.4 is 4.74 Å². The Morgan fingerprint density at radius 1 is 1.45 bits per heavy atom. The van der Waals surface area contributed by atoms with Gasteiger partial charge >= 0.3 is 0 Å². The molecular formula is C9H6BrO. The Morgan fingerprint density at radius 2 is 2.36 bits per heavy atom.